The molecule has 0 spiro atoms. The molecule has 2 aliphatic rings. The molecule has 0 fully saturated rings. The van der Waals surface area contributed by atoms with Crippen molar-refractivity contribution in [1.82, 2.24) is 0 Å². The summed E-state index contributed by atoms with van der Waals surface area (Å²) >= 11 is 0. The second kappa shape index (κ2) is 29.8. The van der Waals surface area contributed by atoms with Gasteiger partial charge in [0.1, 0.15) is 11.6 Å². The molecule has 10 heteroatoms. The molecule has 68 heavy (non-hydrogen) atoms. The number of fused-ring (bicyclic) bond motifs is 4. The summed E-state index contributed by atoms with van der Waals surface area (Å²) in [5.41, 5.74) is 7.43. The number of ether oxygens (including phenoxy) is 4. The summed E-state index contributed by atoms with van der Waals surface area (Å²) in [4.78, 5) is 54.4. The Kier molecular flexibility index (Phi) is 23.3. The summed E-state index contributed by atoms with van der Waals surface area (Å²) in [6, 6.07) is 31.5. The molecule has 0 atom stereocenters. The zero-order valence-electron chi connectivity index (χ0n) is 40.7. The molecular weight excluding hydrogens is 853 g/mol. The number of hydrogen-bond acceptors (Lipinski definition) is 8. The number of rotatable bonds is 26. The van der Waals surface area contributed by atoms with E-state index in [1.165, 1.54) is 0 Å². The van der Waals surface area contributed by atoms with E-state index in [0.717, 1.165) is 70.4 Å². The van der Waals surface area contributed by atoms with Crippen LogP contribution < -0.4 is 9.80 Å². The second-order valence-electron chi connectivity index (χ2n) is 17.6. The molecule has 2 aliphatic heterocycles. The first kappa shape index (κ1) is 53.1. The van der Waals surface area contributed by atoms with Gasteiger partial charge in [-0.2, -0.15) is 0 Å². The molecule has 0 saturated carbocycles. The molecule has 0 radical (unpaired) electrons. The standard InChI is InChI=1S/2C29H35NO4/c2*1-23(2)34-21-20-33-19-9-14-27(31)13-6-8-16-29(32)30-22-26-12-4-3-10-24(26)17-18-25-11-5-7-15-28(25)30/h2*3-5,7,10-12,15,23H,6,8-9,13-14,16,19-22H2,1-2H3. The summed E-state index contributed by atoms with van der Waals surface area (Å²) in [6.45, 7) is 12.4. The van der Waals surface area contributed by atoms with Crippen molar-refractivity contribution in [1.29, 1.82) is 0 Å². The lowest BCUT2D eigenvalue weighted by Gasteiger charge is -2.26. The minimum absolute atomic E-state index is 0.0652. The van der Waals surface area contributed by atoms with Crippen molar-refractivity contribution in [3.8, 4) is 23.7 Å². The van der Waals surface area contributed by atoms with Gasteiger partial charge in [-0.05, 0) is 114 Å². The van der Waals surface area contributed by atoms with Gasteiger partial charge < -0.3 is 28.7 Å². The first-order chi connectivity index (χ1) is 33.1. The molecule has 0 saturated heterocycles. The highest BCUT2D eigenvalue weighted by atomic mass is 16.5. The molecule has 0 bridgehead atoms. The van der Waals surface area contributed by atoms with Crippen LogP contribution in [0.4, 0.5) is 11.4 Å². The highest BCUT2D eigenvalue weighted by Gasteiger charge is 2.22. The predicted octanol–water partition coefficient (Wildman–Crippen LogP) is 10.6. The van der Waals surface area contributed by atoms with Crippen LogP contribution in [0, 0.1) is 23.7 Å². The average molecular weight is 923 g/mol. The van der Waals surface area contributed by atoms with Crippen LogP contribution in [0.1, 0.15) is 138 Å². The quantitative estimate of drug-likeness (QED) is 0.0452. The van der Waals surface area contributed by atoms with Crippen LogP contribution in [-0.4, -0.2) is 75.2 Å². The molecule has 0 N–H and O–H groups in total. The average Bonchev–Trinajstić information content (AvgIpc) is 3.32. The summed E-state index contributed by atoms with van der Waals surface area (Å²) in [6.07, 6.45) is 7.59. The fourth-order valence-corrected chi connectivity index (χ4v) is 7.76. The SMILES string of the molecule is CC(C)OCCOCCCC(=O)CCCCC(=O)N1Cc2ccccc2C#Cc2ccccc21.CC(C)OCCOCCCC(=O)CCCCC(=O)N1Cc2ccccc2C#Cc2ccccc21. The number of amides is 2. The van der Waals surface area contributed by atoms with Crippen molar-refractivity contribution >= 4 is 34.8 Å². The molecule has 0 unspecified atom stereocenters. The normalized spacial score (nSPS) is 12.3. The minimum atomic E-state index is 0.0652. The van der Waals surface area contributed by atoms with Crippen molar-refractivity contribution in [2.75, 3.05) is 49.4 Å². The molecule has 0 aromatic heterocycles. The van der Waals surface area contributed by atoms with Crippen LogP contribution in [-0.2, 0) is 51.2 Å². The predicted molar refractivity (Wildman–Crippen MR) is 269 cm³/mol. The Bertz CT molecular complexity index is 2200. The van der Waals surface area contributed by atoms with Crippen LogP contribution in [0.3, 0.4) is 0 Å². The second-order valence-corrected chi connectivity index (χ2v) is 17.6. The Morgan fingerprint density at radius 1 is 0.426 bits per heavy atom. The van der Waals surface area contributed by atoms with E-state index in [0.29, 0.717) is 104 Å². The Morgan fingerprint density at radius 3 is 1.18 bits per heavy atom. The largest absolute Gasteiger partial charge is 0.379 e. The Hall–Kier alpha value is -5.88. The molecule has 4 aromatic rings. The van der Waals surface area contributed by atoms with Crippen molar-refractivity contribution in [2.45, 2.75) is 130 Å². The van der Waals surface area contributed by atoms with Gasteiger partial charge in [-0.3, -0.25) is 19.2 Å². The molecule has 360 valence electrons. The Balaban J connectivity index is 0.000000254. The monoisotopic (exact) mass is 923 g/mol. The van der Waals surface area contributed by atoms with Crippen LogP contribution >= 0.6 is 0 Å². The number of carbonyl (C=O) groups is 4. The molecule has 4 aromatic carbocycles. The van der Waals surface area contributed by atoms with Crippen LogP contribution in [0.15, 0.2) is 97.1 Å². The zero-order chi connectivity index (χ0) is 48.4. The van der Waals surface area contributed by atoms with Crippen molar-refractivity contribution in [3.63, 3.8) is 0 Å². The van der Waals surface area contributed by atoms with E-state index < -0.39 is 0 Å². The number of para-hydroxylation sites is 2. The third-order valence-electron chi connectivity index (χ3n) is 11.4. The number of Topliss-reactive ketones (excluding diaryl/α,β-unsaturated/α-hetero) is 2. The lowest BCUT2D eigenvalue weighted by molar-refractivity contribution is -0.121. The maximum absolute atomic E-state index is 13.2. The number of ketones is 2. The molecule has 0 aliphatic carbocycles. The van der Waals surface area contributed by atoms with Gasteiger partial charge in [0.25, 0.3) is 0 Å². The lowest BCUT2D eigenvalue weighted by atomic mass is 10.0. The smallest absolute Gasteiger partial charge is 0.227 e. The Morgan fingerprint density at radius 2 is 0.765 bits per heavy atom. The third kappa shape index (κ3) is 18.7. The molecule has 2 heterocycles. The molecule has 2 amide bonds. The van der Waals surface area contributed by atoms with Crippen molar-refractivity contribution < 1.29 is 38.1 Å². The highest BCUT2D eigenvalue weighted by molar-refractivity contribution is 5.96. The van der Waals surface area contributed by atoms with Crippen LogP contribution in [0.5, 0.6) is 0 Å². The van der Waals surface area contributed by atoms with Gasteiger partial charge >= 0.3 is 0 Å². The lowest BCUT2D eigenvalue weighted by Crippen LogP contribution is -2.31. The maximum Gasteiger partial charge on any atom is 0.227 e. The number of nitrogens with zero attached hydrogens (tertiary/aromatic N) is 2. The van der Waals surface area contributed by atoms with Gasteiger partial charge in [-0.15, -0.1) is 0 Å². The van der Waals surface area contributed by atoms with E-state index >= 15 is 0 Å². The van der Waals surface area contributed by atoms with E-state index in [4.69, 9.17) is 18.9 Å². The van der Waals surface area contributed by atoms with Crippen LogP contribution in [0.2, 0.25) is 0 Å². The van der Waals surface area contributed by atoms with Gasteiger partial charge in [0.15, 0.2) is 0 Å². The topological polar surface area (TPSA) is 112 Å². The molecular formula is C58H70N2O8. The number of carbonyl (C=O) groups excluding carboxylic acids is 4. The van der Waals surface area contributed by atoms with E-state index in [1.54, 1.807) is 0 Å². The number of unbranched alkanes of at least 4 members (excludes halogenated alkanes) is 2. The van der Waals surface area contributed by atoms with Crippen molar-refractivity contribution in [3.05, 3.63) is 130 Å². The van der Waals surface area contributed by atoms with Gasteiger partial charge in [0, 0.05) is 74.0 Å². The van der Waals surface area contributed by atoms with Crippen LogP contribution in [0.25, 0.3) is 0 Å². The third-order valence-corrected chi connectivity index (χ3v) is 11.4. The number of benzene rings is 4. The zero-order valence-corrected chi connectivity index (χ0v) is 40.7. The van der Waals surface area contributed by atoms with E-state index in [1.807, 2.05) is 135 Å². The number of anilines is 2. The minimum Gasteiger partial charge on any atom is -0.379 e. The van der Waals surface area contributed by atoms with E-state index in [-0.39, 0.29) is 35.6 Å². The van der Waals surface area contributed by atoms with E-state index in [2.05, 4.69) is 23.7 Å². The molecule has 10 nitrogen and oxygen atoms in total. The first-order valence-electron chi connectivity index (χ1n) is 24.5. The summed E-state index contributed by atoms with van der Waals surface area (Å²) < 4.78 is 21.8. The van der Waals surface area contributed by atoms with Gasteiger partial charge in [-0.1, -0.05) is 84.3 Å². The van der Waals surface area contributed by atoms with Crippen molar-refractivity contribution in [2.24, 2.45) is 0 Å². The van der Waals surface area contributed by atoms with Gasteiger partial charge in [0.2, 0.25) is 11.8 Å². The fourth-order valence-electron chi connectivity index (χ4n) is 7.76. The summed E-state index contributed by atoms with van der Waals surface area (Å²) in [5, 5.41) is 0. The first-order valence-corrected chi connectivity index (χ1v) is 24.5. The summed E-state index contributed by atoms with van der Waals surface area (Å²) in [5.74, 6) is 13.5. The van der Waals surface area contributed by atoms with E-state index in [9.17, 15) is 19.2 Å². The molecule has 6 rings (SSSR count). The van der Waals surface area contributed by atoms with Gasteiger partial charge in [-0.25, -0.2) is 0 Å². The maximum atomic E-state index is 13.2. The highest BCUT2D eigenvalue weighted by Crippen LogP contribution is 2.28. The number of hydrogen-bond donors (Lipinski definition) is 0. The Labute approximate surface area is 405 Å². The fraction of sp³-hybridized carbons (Fsp3) is 0.448. The summed E-state index contributed by atoms with van der Waals surface area (Å²) in [7, 11) is 0. The van der Waals surface area contributed by atoms with Gasteiger partial charge in [0.05, 0.1) is 63.1 Å².